The highest BCUT2D eigenvalue weighted by atomic mass is 79.9. The minimum atomic E-state index is -0.249. The Morgan fingerprint density at radius 3 is 3.00 bits per heavy atom. The van der Waals surface area contributed by atoms with Gasteiger partial charge >= 0.3 is 5.97 Å². The normalized spacial score (nSPS) is 13.7. The molecule has 1 aromatic rings. The van der Waals surface area contributed by atoms with Crippen LogP contribution in [0, 0.1) is 0 Å². The van der Waals surface area contributed by atoms with E-state index >= 15 is 0 Å². The summed E-state index contributed by atoms with van der Waals surface area (Å²) in [6.45, 7) is 4.26. The number of rotatable bonds is 5. The average Bonchev–Trinajstić information content (AvgIpc) is 2.64. The van der Waals surface area contributed by atoms with Gasteiger partial charge in [0.15, 0.2) is 11.5 Å². The summed E-state index contributed by atoms with van der Waals surface area (Å²) < 4.78 is 17.0. The molecule has 0 radical (unpaired) electrons. The number of hydrogen-bond donors (Lipinski definition) is 1. The Balaban J connectivity index is 1.97. The molecule has 0 saturated heterocycles. The molecule has 1 aliphatic heterocycles. The summed E-state index contributed by atoms with van der Waals surface area (Å²) in [5.74, 6) is 1.24. The lowest BCUT2D eigenvalue weighted by atomic mass is 10.2. The number of ether oxygens (including phenoxy) is 3. The molecule has 0 atom stereocenters. The second-order valence-electron chi connectivity index (χ2n) is 4.36. The van der Waals surface area contributed by atoms with Crippen LogP contribution in [0.15, 0.2) is 16.6 Å². The Morgan fingerprint density at radius 1 is 1.40 bits per heavy atom. The lowest BCUT2D eigenvalue weighted by Gasteiger charge is -2.12. The number of nitrogens with one attached hydrogen (secondary N) is 1. The van der Waals surface area contributed by atoms with Crippen LogP contribution in [0.4, 0.5) is 0 Å². The molecule has 0 unspecified atom stereocenters. The molecule has 0 aromatic heterocycles. The van der Waals surface area contributed by atoms with E-state index in [0.29, 0.717) is 26.4 Å². The third kappa shape index (κ3) is 4.11. The van der Waals surface area contributed by atoms with E-state index in [-0.39, 0.29) is 12.5 Å². The molecule has 0 spiro atoms. The predicted octanol–water partition coefficient (Wildman–Crippen LogP) is 2.26. The van der Waals surface area contributed by atoms with E-state index in [4.69, 9.17) is 14.2 Å². The summed E-state index contributed by atoms with van der Waals surface area (Å²) in [5, 5.41) is 3.04. The minimum absolute atomic E-state index is 0.194. The van der Waals surface area contributed by atoms with Crippen LogP contribution in [0.25, 0.3) is 0 Å². The van der Waals surface area contributed by atoms with E-state index in [1.807, 2.05) is 12.1 Å². The van der Waals surface area contributed by atoms with E-state index < -0.39 is 0 Å². The van der Waals surface area contributed by atoms with Gasteiger partial charge in [0.2, 0.25) is 0 Å². The van der Waals surface area contributed by atoms with Crippen LogP contribution in [0.5, 0.6) is 11.5 Å². The lowest BCUT2D eigenvalue weighted by molar-refractivity contribution is -0.142. The molecule has 5 nitrogen and oxygen atoms in total. The highest BCUT2D eigenvalue weighted by Gasteiger charge is 2.15. The predicted molar refractivity (Wildman–Crippen MR) is 78.1 cm³/mol. The fraction of sp³-hybridized carbons (Fsp3) is 0.500. The van der Waals surface area contributed by atoms with E-state index in [0.717, 1.165) is 28.0 Å². The summed E-state index contributed by atoms with van der Waals surface area (Å²) >= 11 is 3.49. The van der Waals surface area contributed by atoms with E-state index in [1.165, 1.54) is 0 Å². The van der Waals surface area contributed by atoms with Crippen molar-refractivity contribution >= 4 is 21.9 Å². The molecule has 6 heteroatoms. The third-order valence-electron chi connectivity index (χ3n) is 2.77. The molecule has 2 rings (SSSR count). The van der Waals surface area contributed by atoms with Gasteiger partial charge in [0.25, 0.3) is 0 Å². The van der Waals surface area contributed by atoms with Crippen molar-refractivity contribution in [3.63, 3.8) is 0 Å². The SMILES string of the molecule is CCOC(=O)CNCc1cc(Br)c2c(c1)OCCCO2. The zero-order valence-electron chi connectivity index (χ0n) is 11.4. The maximum Gasteiger partial charge on any atom is 0.319 e. The van der Waals surface area contributed by atoms with Crippen LogP contribution in [0.1, 0.15) is 18.9 Å². The van der Waals surface area contributed by atoms with Crippen molar-refractivity contribution < 1.29 is 19.0 Å². The van der Waals surface area contributed by atoms with Crippen LogP contribution in [-0.4, -0.2) is 32.3 Å². The Labute approximate surface area is 126 Å². The summed E-state index contributed by atoms with van der Waals surface area (Å²) in [7, 11) is 0. The molecule has 1 aromatic carbocycles. The quantitative estimate of drug-likeness (QED) is 0.831. The molecule has 0 amide bonds. The molecule has 0 fully saturated rings. The Kier molecular flexibility index (Phi) is 5.67. The Hall–Kier alpha value is -1.27. The molecule has 0 aliphatic carbocycles. The van der Waals surface area contributed by atoms with Crippen LogP contribution in [-0.2, 0) is 16.1 Å². The molecule has 20 heavy (non-hydrogen) atoms. The molecular formula is C14H18BrNO4. The second-order valence-corrected chi connectivity index (χ2v) is 5.22. The minimum Gasteiger partial charge on any atom is -0.490 e. The van der Waals surface area contributed by atoms with Crippen LogP contribution in [0.3, 0.4) is 0 Å². The monoisotopic (exact) mass is 343 g/mol. The van der Waals surface area contributed by atoms with Crippen molar-refractivity contribution in [3.8, 4) is 11.5 Å². The van der Waals surface area contributed by atoms with E-state index in [1.54, 1.807) is 6.92 Å². The molecule has 0 bridgehead atoms. The first-order valence-electron chi connectivity index (χ1n) is 6.65. The highest BCUT2D eigenvalue weighted by molar-refractivity contribution is 9.10. The van der Waals surface area contributed by atoms with Crippen molar-refractivity contribution in [1.82, 2.24) is 5.32 Å². The van der Waals surface area contributed by atoms with Crippen molar-refractivity contribution in [2.24, 2.45) is 0 Å². The lowest BCUT2D eigenvalue weighted by Crippen LogP contribution is -2.24. The molecule has 110 valence electrons. The maximum atomic E-state index is 11.2. The number of carbonyl (C=O) groups excluding carboxylic acids is 1. The van der Waals surface area contributed by atoms with Gasteiger partial charge < -0.3 is 19.5 Å². The zero-order chi connectivity index (χ0) is 14.4. The highest BCUT2D eigenvalue weighted by Crippen LogP contribution is 2.38. The topological polar surface area (TPSA) is 56.8 Å². The molecular weight excluding hydrogens is 326 g/mol. The molecule has 1 aliphatic rings. The zero-order valence-corrected chi connectivity index (χ0v) is 13.0. The van der Waals surface area contributed by atoms with Gasteiger partial charge in [-0.1, -0.05) is 0 Å². The molecule has 1 heterocycles. The summed E-state index contributed by atoms with van der Waals surface area (Å²) in [6, 6.07) is 3.90. The van der Waals surface area contributed by atoms with Crippen LogP contribution >= 0.6 is 15.9 Å². The van der Waals surface area contributed by atoms with Gasteiger partial charge in [-0.3, -0.25) is 4.79 Å². The standard InChI is InChI=1S/C14H18BrNO4/c1-2-18-13(17)9-16-8-10-6-11(15)14-12(7-10)19-4-3-5-20-14/h6-7,16H,2-5,8-9H2,1H3. The number of esters is 1. The van der Waals surface area contributed by atoms with Crippen molar-refractivity contribution in [2.45, 2.75) is 19.9 Å². The summed E-state index contributed by atoms with van der Waals surface area (Å²) in [5.41, 5.74) is 1.02. The summed E-state index contributed by atoms with van der Waals surface area (Å²) in [6.07, 6.45) is 0.873. The van der Waals surface area contributed by atoms with Gasteiger partial charge in [0.05, 0.1) is 30.8 Å². The maximum absolute atomic E-state index is 11.2. The first-order valence-corrected chi connectivity index (χ1v) is 7.44. The fourth-order valence-corrected chi connectivity index (χ4v) is 2.51. The van der Waals surface area contributed by atoms with Gasteiger partial charge in [-0.2, -0.15) is 0 Å². The smallest absolute Gasteiger partial charge is 0.319 e. The van der Waals surface area contributed by atoms with Gasteiger partial charge in [-0.15, -0.1) is 0 Å². The first kappa shape index (κ1) is 15.1. The van der Waals surface area contributed by atoms with Crippen molar-refractivity contribution in [1.29, 1.82) is 0 Å². The van der Waals surface area contributed by atoms with Crippen molar-refractivity contribution in [2.75, 3.05) is 26.4 Å². The fourth-order valence-electron chi connectivity index (χ4n) is 1.91. The number of benzene rings is 1. The van der Waals surface area contributed by atoms with Gasteiger partial charge in [-0.25, -0.2) is 0 Å². The number of carbonyl (C=O) groups is 1. The Morgan fingerprint density at radius 2 is 2.20 bits per heavy atom. The number of hydrogen-bond acceptors (Lipinski definition) is 5. The van der Waals surface area contributed by atoms with Crippen LogP contribution in [0.2, 0.25) is 0 Å². The van der Waals surface area contributed by atoms with Gasteiger partial charge in [0, 0.05) is 13.0 Å². The Bertz CT molecular complexity index is 478. The van der Waals surface area contributed by atoms with E-state index in [2.05, 4.69) is 21.2 Å². The average molecular weight is 344 g/mol. The molecule has 1 N–H and O–H groups in total. The van der Waals surface area contributed by atoms with Gasteiger partial charge in [0.1, 0.15) is 0 Å². The molecule has 0 saturated carbocycles. The first-order chi connectivity index (χ1) is 9.70. The largest absolute Gasteiger partial charge is 0.490 e. The van der Waals surface area contributed by atoms with Crippen molar-refractivity contribution in [3.05, 3.63) is 22.2 Å². The van der Waals surface area contributed by atoms with Crippen LogP contribution < -0.4 is 14.8 Å². The van der Waals surface area contributed by atoms with Gasteiger partial charge in [-0.05, 0) is 40.5 Å². The number of halogens is 1. The summed E-state index contributed by atoms with van der Waals surface area (Å²) in [4.78, 5) is 11.2. The van der Waals surface area contributed by atoms with E-state index in [9.17, 15) is 4.79 Å². The second kappa shape index (κ2) is 7.50. The third-order valence-corrected chi connectivity index (χ3v) is 3.35. The number of fused-ring (bicyclic) bond motifs is 1.